The van der Waals surface area contributed by atoms with Crippen molar-refractivity contribution in [1.29, 1.82) is 0 Å². The molecule has 1 aromatic carbocycles. The third-order valence-electron chi connectivity index (χ3n) is 2.53. The first kappa shape index (κ1) is 12.1. The highest BCUT2D eigenvalue weighted by Crippen LogP contribution is 2.25. The summed E-state index contributed by atoms with van der Waals surface area (Å²) >= 11 is 0. The molecule has 18 heavy (non-hydrogen) atoms. The van der Waals surface area contributed by atoms with E-state index in [1.165, 1.54) is 17.0 Å². The first-order valence-electron chi connectivity index (χ1n) is 5.59. The minimum absolute atomic E-state index is 0.00205. The Balaban J connectivity index is 2.40. The SMILES string of the molecule is CCCC(=O)On1ccc2c([N+](=O)[O-])cccc21. The summed E-state index contributed by atoms with van der Waals surface area (Å²) in [6, 6.07) is 6.21. The minimum atomic E-state index is -0.458. The molecule has 0 aliphatic rings. The summed E-state index contributed by atoms with van der Waals surface area (Å²) in [6.07, 6.45) is 2.51. The molecule has 0 aliphatic heterocycles. The maximum Gasteiger partial charge on any atom is 0.332 e. The van der Waals surface area contributed by atoms with Crippen molar-refractivity contribution in [2.45, 2.75) is 19.8 Å². The van der Waals surface area contributed by atoms with Crippen LogP contribution in [-0.4, -0.2) is 15.6 Å². The van der Waals surface area contributed by atoms with Gasteiger partial charge >= 0.3 is 5.97 Å². The summed E-state index contributed by atoms with van der Waals surface area (Å²) in [7, 11) is 0. The Morgan fingerprint density at radius 3 is 2.89 bits per heavy atom. The lowest BCUT2D eigenvalue weighted by atomic mass is 10.2. The highest BCUT2D eigenvalue weighted by atomic mass is 16.7. The standard InChI is InChI=1S/C12H12N2O4/c1-2-4-12(15)18-13-8-7-9-10(13)5-3-6-11(9)14(16)17/h3,5-8H,2,4H2,1H3. The number of hydrogen-bond acceptors (Lipinski definition) is 4. The van der Waals surface area contributed by atoms with E-state index in [0.29, 0.717) is 23.7 Å². The molecule has 0 aliphatic carbocycles. The van der Waals surface area contributed by atoms with Gasteiger partial charge in [0.05, 0.1) is 15.8 Å². The summed E-state index contributed by atoms with van der Waals surface area (Å²) < 4.78 is 1.26. The molecule has 0 saturated heterocycles. The molecule has 0 fully saturated rings. The Morgan fingerprint density at radius 1 is 1.44 bits per heavy atom. The van der Waals surface area contributed by atoms with Gasteiger partial charge in [0.25, 0.3) is 5.69 Å². The summed E-state index contributed by atoms with van der Waals surface area (Å²) in [5, 5.41) is 11.3. The van der Waals surface area contributed by atoms with Crippen LogP contribution in [0.3, 0.4) is 0 Å². The van der Waals surface area contributed by atoms with E-state index >= 15 is 0 Å². The van der Waals surface area contributed by atoms with Gasteiger partial charge in [0.1, 0.15) is 0 Å². The summed E-state index contributed by atoms with van der Waals surface area (Å²) in [6.45, 7) is 1.87. The van der Waals surface area contributed by atoms with Crippen LogP contribution in [0, 0.1) is 10.1 Å². The van der Waals surface area contributed by atoms with Gasteiger partial charge in [0.2, 0.25) is 0 Å². The van der Waals surface area contributed by atoms with Gasteiger partial charge in [-0.25, -0.2) is 4.79 Å². The van der Waals surface area contributed by atoms with E-state index in [4.69, 9.17) is 4.84 Å². The molecule has 94 valence electrons. The number of carbonyl (C=O) groups is 1. The van der Waals surface area contributed by atoms with Crippen LogP contribution in [-0.2, 0) is 4.79 Å². The largest absolute Gasteiger partial charge is 0.337 e. The second-order valence-corrected chi connectivity index (χ2v) is 3.82. The smallest absolute Gasteiger partial charge is 0.332 e. The normalized spacial score (nSPS) is 10.5. The Bertz CT molecular complexity index is 603. The van der Waals surface area contributed by atoms with Crippen LogP contribution in [0.25, 0.3) is 10.9 Å². The Kier molecular flexibility index (Phi) is 3.27. The number of nitro groups is 1. The second kappa shape index (κ2) is 4.87. The van der Waals surface area contributed by atoms with Crippen LogP contribution in [0.15, 0.2) is 30.5 Å². The number of hydrogen-bond donors (Lipinski definition) is 0. The highest BCUT2D eigenvalue weighted by molar-refractivity contribution is 5.89. The van der Waals surface area contributed by atoms with Gasteiger partial charge in [-0.1, -0.05) is 13.0 Å². The third-order valence-corrected chi connectivity index (χ3v) is 2.53. The lowest BCUT2D eigenvalue weighted by molar-refractivity contribution is -0.383. The fraction of sp³-hybridized carbons (Fsp3) is 0.250. The molecule has 0 amide bonds. The van der Waals surface area contributed by atoms with Gasteiger partial charge in [-0.3, -0.25) is 10.1 Å². The zero-order valence-corrected chi connectivity index (χ0v) is 9.83. The number of aromatic nitrogens is 1. The number of benzene rings is 1. The fourth-order valence-electron chi connectivity index (χ4n) is 1.72. The number of nitro benzene ring substituents is 1. The molecule has 0 unspecified atom stereocenters. The van der Waals surface area contributed by atoms with Crippen molar-refractivity contribution < 1.29 is 14.6 Å². The molecule has 6 heteroatoms. The monoisotopic (exact) mass is 248 g/mol. The lowest BCUT2D eigenvalue weighted by Gasteiger charge is -2.05. The van der Waals surface area contributed by atoms with Crippen LogP contribution in [0.1, 0.15) is 19.8 Å². The predicted octanol–water partition coefficient (Wildman–Crippen LogP) is 2.30. The third kappa shape index (κ3) is 2.17. The van der Waals surface area contributed by atoms with Crippen molar-refractivity contribution in [3.63, 3.8) is 0 Å². The van der Waals surface area contributed by atoms with Crippen LogP contribution in [0.2, 0.25) is 0 Å². The Morgan fingerprint density at radius 2 is 2.22 bits per heavy atom. The van der Waals surface area contributed by atoms with Crippen molar-refractivity contribution in [2.75, 3.05) is 0 Å². The highest BCUT2D eigenvalue weighted by Gasteiger charge is 2.15. The molecule has 0 spiro atoms. The van der Waals surface area contributed by atoms with E-state index in [-0.39, 0.29) is 11.7 Å². The first-order chi connectivity index (χ1) is 8.63. The van der Waals surface area contributed by atoms with E-state index in [2.05, 4.69) is 0 Å². The van der Waals surface area contributed by atoms with Crippen LogP contribution in [0.4, 0.5) is 5.69 Å². The molecule has 6 nitrogen and oxygen atoms in total. The molecule has 0 bridgehead atoms. The van der Waals surface area contributed by atoms with Crippen molar-refractivity contribution in [3.8, 4) is 0 Å². The molecule has 0 atom stereocenters. The van der Waals surface area contributed by atoms with Crippen molar-refractivity contribution >= 4 is 22.6 Å². The second-order valence-electron chi connectivity index (χ2n) is 3.82. The number of carbonyl (C=O) groups excluding carboxylic acids is 1. The quantitative estimate of drug-likeness (QED) is 0.614. The zero-order chi connectivity index (χ0) is 13.1. The summed E-state index contributed by atoms with van der Waals surface area (Å²) in [4.78, 5) is 26.9. The number of nitrogens with zero attached hydrogens (tertiary/aromatic N) is 2. The molecule has 1 heterocycles. The van der Waals surface area contributed by atoms with Gasteiger partial charge in [-0.15, -0.1) is 0 Å². The molecule has 1 aromatic heterocycles. The van der Waals surface area contributed by atoms with Crippen molar-refractivity contribution in [1.82, 2.24) is 4.73 Å². The van der Waals surface area contributed by atoms with Crippen molar-refractivity contribution in [2.24, 2.45) is 0 Å². The summed E-state index contributed by atoms with van der Waals surface area (Å²) in [5.41, 5.74) is 0.506. The molecule has 0 saturated carbocycles. The molecule has 2 rings (SSSR count). The Labute approximate surface area is 103 Å². The van der Waals surface area contributed by atoms with Gasteiger partial charge in [0.15, 0.2) is 0 Å². The average molecular weight is 248 g/mol. The van der Waals surface area contributed by atoms with E-state index in [1.54, 1.807) is 18.2 Å². The molecular formula is C12H12N2O4. The van der Waals surface area contributed by atoms with E-state index < -0.39 is 4.92 Å². The molecular weight excluding hydrogens is 236 g/mol. The van der Waals surface area contributed by atoms with E-state index in [1.807, 2.05) is 6.92 Å². The number of rotatable bonds is 4. The maximum absolute atomic E-state index is 11.4. The van der Waals surface area contributed by atoms with Crippen LogP contribution >= 0.6 is 0 Å². The van der Waals surface area contributed by atoms with Gasteiger partial charge in [-0.2, -0.15) is 4.73 Å². The predicted molar refractivity (Wildman–Crippen MR) is 65.1 cm³/mol. The minimum Gasteiger partial charge on any atom is -0.337 e. The maximum atomic E-state index is 11.4. The Hall–Kier alpha value is -2.37. The van der Waals surface area contributed by atoms with E-state index in [9.17, 15) is 14.9 Å². The van der Waals surface area contributed by atoms with E-state index in [0.717, 1.165) is 0 Å². The first-order valence-corrected chi connectivity index (χ1v) is 5.59. The van der Waals surface area contributed by atoms with Gasteiger partial charge < -0.3 is 4.84 Å². The lowest BCUT2D eigenvalue weighted by Crippen LogP contribution is -2.18. The van der Waals surface area contributed by atoms with Gasteiger partial charge in [0, 0.05) is 18.7 Å². The zero-order valence-electron chi connectivity index (χ0n) is 9.83. The summed E-state index contributed by atoms with van der Waals surface area (Å²) in [5.74, 6) is -0.360. The van der Waals surface area contributed by atoms with Crippen LogP contribution in [0.5, 0.6) is 0 Å². The molecule has 0 radical (unpaired) electrons. The fourth-order valence-corrected chi connectivity index (χ4v) is 1.72. The topological polar surface area (TPSA) is 74.4 Å². The van der Waals surface area contributed by atoms with Crippen molar-refractivity contribution in [3.05, 3.63) is 40.6 Å². The van der Waals surface area contributed by atoms with Gasteiger partial charge in [-0.05, 0) is 18.6 Å². The molecule has 0 N–H and O–H groups in total. The molecule has 2 aromatic rings. The number of non-ortho nitro benzene ring substituents is 1. The number of fused-ring (bicyclic) bond motifs is 1. The van der Waals surface area contributed by atoms with Crippen LogP contribution < -0.4 is 4.84 Å². The average Bonchev–Trinajstić information content (AvgIpc) is 2.72.